The van der Waals surface area contributed by atoms with Crippen LogP contribution in [0.4, 0.5) is 4.39 Å². The zero-order valence-electron chi connectivity index (χ0n) is 11.5. The van der Waals surface area contributed by atoms with E-state index in [2.05, 4.69) is 10.5 Å². The monoisotopic (exact) mass is 301 g/mol. The molecule has 0 aliphatic carbocycles. The van der Waals surface area contributed by atoms with Gasteiger partial charge in [0.2, 0.25) is 5.91 Å². The molecule has 110 valence electrons. The van der Waals surface area contributed by atoms with Gasteiger partial charge in [0.25, 0.3) is 0 Å². The molecule has 3 N–H and O–H groups in total. The summed E-state index contributed by atoms with van der Waals surface area (Å²) in [7, 11) is 0. The molecule has 1 amide bonds. The first-order valence-electron chi connectivity index (χ1n) is 5.91. The number of oxime groups is 1. The van der Waals surface area contributed by atoms with Gasteiger partial charge in [0, 0.05) is 12.5 Å². The number of nitrogens with two attached hydrogens (primary N) is 1. The van der Waals surface area contributed by atoms with E-state index in [1.807, 2.05) is 0 Å². The number of rotatable bonds is 5. The standard InChI is InChI=1S/C13H17ClFN3O2/c1-8(19)17-13(2,3)12(16)18-20-7-9-10(14)5-4-6-11(9)15/h4-6H,7H2,1-3H3,(H2,16,18)(H,17,19). The van der Waals surface area contributed by atoms with Crippen molar-refractivity contribution in [1.29, 1.82) is 0 Å². The molecular weight excluding hydrogens is 285 g/mol. The molecule has 20 heavy (non-hydrogen) atoms. The van der Waals surface area contributed by atoms with Gasteiger partial charge >= 0.3 is 0 Å². The van der Waals surface area contributed by atoms with Crippen LogP contribution in [0.25, 0.3) is 0 Å². The van der Waals surface area contributed by atoms with E-state index >= 15 is 0 Å². The van der Waals surface area contributed by atoms with Crippen LogP contribution < -0.4 is 11.1 Å². The molecule has 0 heterocycles. The number of nitrogens with one attached hydrogen (secondary N) is 1. The molecule has 5 nitrogen and oxygen atoms in total. The van der Waals surface area contributed by atoms with Crippen LogP contribution in [0.3, 0.4) is 0 Å². The highest BCUT2D eigenvalue weighted by molar-refractivity contribution is 6.31. The largest absolute Gasteiger partial charge is 0.389 e. The number of amidine groups is 1. The van der Waals surface area contributed by atoms with Gasteiger partial charge in [-0.05, 0) is 26.0 Å². The minimum atomic E-state index is -0.856. The quantitative estimate of drug-likeness (QED) is 0.497. The normalized spacial score (nSPS) is 12.2. The number of carbonyl (C=O) groups is 1. The van der Waals surface area contributed by atoms with Gasteiger partial charge in [0.15, 0.2) is 5.84 Å². The van der Waals surface area contributed by atoms with Crippen LogP contribution in [-0.2, 0) is 16.2 Å². The second kappa shape index (κ2) is 6.56. The Kier molecular flexibility index (Phi) is 5.33. The summed E-state index contributed by atoms with van der Waals surface area (Å²) < 4.78 is 13.5. The summed E-state index contributed by atoms with van der Waals surface area (Å²) in [5.74, 6) is -0.655. The maximum absolute atomic E-state index is 13.5. The van der Waals surface area contributed by atoms with Gasteiger partial charge in [0.1, 0.15) is 12.4 Å². The van der Waals surface area contributed by atoms with Gasteiger partial charge in [-0.2, -0.15) is 0 Å². The molecule has 0 fully saturated rings. The van der Waals surface area contributed by atoms with Crippen LogP contribution in [-0.4, -0.2) is 17.3 Å². The van der Waals surface area contributed by atoms with E-state index in [-0.39, 0.29) is 28.9 Å². The molecule has 1 aromatic carbocycles. The highest BCUT2D eigenvalue weighted by Crippen LogP contribution is 2.19. The van der Waals surface area contributed by atoms with Crippen LogP contribution in [0.1, 0.15) is 26.3 Å². The van der Waals surface area contributed by atoms with Crippen LogP contribution in [0.5, 0.6) is 0 Å². The Hall–Kier alpha value is -1.82. The summed E-state index contributed by atoms with van der Waals surface area (Å²) in [6.45, 7) is 4.57. The fourth-order valence-electron chi connectivity index (χ4n) is 1.45. The Morgan fingerprint density at radius 2 is 2.20 bits per heavy atom. The number of nitrogens with zero attached hydrogens (tertiary/aromatic N) is 1. The second-order valence-electron chi connectivity index (χ2n) is 4.76. The van der Waals surface area contributed by atoms with E-state index in [1.54, 1.807) is 19.9 Å². The first kappa shape index (κ1) is 16.2. The summed E-state index contributed by atoms with van der Waals surface area (Å²) in [5, 5.41) is 6.55. The number of benzene rings is 1. The molecule has 0 aromatic heterocycles. The van der Waals surface area contributed by atoms with Crippen molar-refractivity contribution in [2.45, 2.75) is 32.9 Å². The third-order valence-corrected chi connectivity index (χ3v) is 2.92. The predicted molar refractivity (Wildman–Crippen MR) is 75.7 cm³/mol. The van der Waals surface area contributed by atoms with Crippen molar-refractivity contribution in [3.63, 3.8) is 0 Å². The van der Waals surface area contributed by atoms with Gasteiger partial charge in [-0.1, -0.05) is 22.8 Å². The van der Waals surface area contributed by atoms with E-state index in [0.717, 1.165) is 0 Å². The Labute approximate surface area is 121 Å². The molecule has 0 radical (unpaired) electrons. The molecule has 0 atom stereocenters. The van der Waals surface area contributed by atoms with Crippen molar-refractivity contribution in [2.75, 3.05) is 0 Å². The summed E-state index contributed by atoms with van der Waals surface area (Å²) in [4.78, 5) is 16.0. The fourth-order valence-corrected chi connectivity index (χ4v) is 1.67. The molecule has 7 heteroatoms. The maximum atomic E-state index is 13.5. The summed E-state index contributed by atoms with van der Waals surface area (Å²) >= 11 is 5.85. The predicted octanol–water partition coefficient (Wildman–Crippen LogP) is 2.18. The van der Waals surface area contributed by atoms with Crippen molar-refractivity contribution >= 4 is 23.3 Å². The van der Waals surface area contributed by atoms with E-state index in [0.29, 0.717) is 0 Å². The fraction of sp³-hybridized carbons (Fsp3) is 0.385. The molecule has 0 aliphatic heterocycles. The molecular formula is C13H17ClFN3O2. The number of hydrogen-bond acceptors (Lipinski definition) is 3. The molecule has 0 unspecified atom stereocenters. The van der Waals surface area contributed by atoms with E-state index in [9.17, 15) is 9.18 Å². The van der Waals surface area contributed by atoms with Crippen LogP contribution >= 0.6 is 11.6 Å². The second-order valence-corrected chi connectivity index (χ2v) is 5.16. The number of halogens is 2. The van der Waals surface area contributed by atoms with Crippen molar-refractivity contribution in [3.8, 4) is 0 Å². The van der Waals surface area contributed by atoms with Gasteiger partial charge in [0.05, 0.1) is 10.6 Å². The number of amides is 1. The molecule has 0 aliphatic rings. The van der Waals surface area contributed by atoms with Gasteiger partial charge in [-0.25, -0.2) is 4.39 Å². The number of carbonyl (C=O) groups excluding carboxylic acids is 1. The number of hydrogen-bond donors (Lipinski definition) is 2. The Morgan fingerprint density at radius 1 is 1.55 bits per heavy atom. The summed E-state index contributed by atoms with van der Waals surface area (Å²) in [6, 6.07) is 4.33. The zero-order valence-corrected chi connectivity index (χ0v) is 12.3. The minimum Gasteiger partial charge on any atom is -0.389 e. The van der Waals surface area contributed by atoms with Crippen LogP contribution in [0.15, 0.2) is 23.4 Å². The Morgan fingerprint density at radius 3 is 2.75 bits per heavy atom. The Balaban J connectivity index is 2.71. The van der Waals surface area contributed by atoms with Crippen LogP contribution in [0, 0.1) is 5.82 Å². The first-order valence-corrected chi connectivity index (χ1v) is 6.29. The summed E-state index contributed by atoms with van der Waals surface area (Å²) in [6.07, 6.45) is 0. The Bertz CT molecular complexity index is 512. The third-order valence-electron chi connectivity index (χ3n) is 2.56. The lowest BCUT2D eigenvalue weighted by atomic mass is 10.0. The summed E-state index contributed by atoms with van der Waals surface area (Å²) in [5.41, 5.74) is 5.06. The van der Waals surface area contributed by atoms with Crippen molar-refractivity contribution in [3.05, 3.63) is 34.6 Å². The van der Waals surface area contributed by atoms with Gasteiger partial charge in [-0.15, -0.1) is 0 Å². The molecule has 1 rings (SSSR count). The van der Waals surface area contributed by atoms with E-state index in [1.165, 1.54) is 19.1 Å². The van der Waals surface area contributed by atoms with Crippen LogP contribution in [0.2, 0.25) is 5.02 Å². The zero-order chi connectivity index (χ0) is 15.3. The van der Waals surface area contributed by atoms with Gasteiger partial charge < -0.3 is 15.9 Å². The first-order chi connectivity index (χ1) is 9.24. The van der Waals surface area contributed by atoms with Gasteiger partial charge in [-0.3, -0.25) is 4.79 Å². The molecule has 0 spiro atoms. The smallest absolute Gasteiger partial charge is 0.217 e. The topological polar surface area (TPSA) is 76.7 Å². The molecule has 1 aromatic rings. The average Bonchev–Trinajstić information content (AvgIpc) is 2.31. The van der Waals surface area contributed by atoms with E-state index < -0.39 is 11.4 Å². The molecule has 0 saturated heterocycles. The minimum absolute atomic E-state index is 0.0696. The van der Waals surface area contributed by atoms with Crippen molar-refractivity contribution < 1.29 is 14.0 Å². The van der Waals surface area contributed by atoms with E-state index in [4.69, 9.17) is 22.2 Å². The average molecular weight is 302 g/mol. The highest BCUT2D eigenvalue weighted by Gasteiger charge is 2.24. The van der Waals surface area contributed by atoms with Crippen molar-refractivity contribution in [1.82, 2.24) is 5.32 Å². The lowest BCUT2D eigenvalue weighted by Crippen LogP contribution is -2.52. The lowest BCUT2D eigenvalue weighted by Gasteiger charge is -2.24. The molecule has 0 bridgehead atoms. The van der Waals surface area contributed by atoms with Crippen molar-refractivity contribution in [2.24, 2.45) is 10.9 Å². The molecule has 0 saturated carbocycles. The highest BCUT2D eigenvalue weighted by atomic mass is 35.5. The lowest BCUT2D eigenvalue weighted by molar-refractivity contribution is -0.119. The SMILES string of the molecule is CC(=O)NC(C)(C)C(N)=NOCc1c(F)cccc1Cl. The third kappa shape index (κ3) is 4.38. The maximum Gasteiger partial charge on any atom is 0.217 e.